The number of carbonyl (C=O) groups is 3. The van der Waals surface area contributed by atoms with Gasteiger partial charge >= 0.3 is 0 Å². The Balaban J connectivity index is 1.27. The molecular weight excluding hydrogens is 474 g/mol. The van der Waals surface area contributed by atoms with Gasteiger partial charge in [0.05, 0.1) is 23.5 Å². The molecule has 8 nitrogen and oxygen atoms in total. The molecule has 2 aromatic heterocycles. The van der Waals surface area contributed by atoms with Crippen LogP contribution in [0, 0.1) is 0 Å². The van der Waals surface area contributed by atoms with E-state index in [4.69, 9.17) is 5.10 Å². The second kappa shape index (κ2) is 10.6. The van der Waals surface area contributed by atoms with Crippen LogP contribution in [0.3, 0.4) is 0 Å². The molecule has 0 radical (unpaired) electrons. The zero-order valence-corrected chi connectivity index (χ0v) is 20.3. The summed E-state index contributed by atoms with van der Waals surface area (Å²) >= 11 is 1.54. The highest BCUT2D eigenvalue weighted by atomic mass is 32.1. The molecule has 3 heterocycles. The van der Waals surface area contributed by atoms with Crippen LogP contribution < -0.4 is 10.6 Å². The molecular formula is C27H25N5O3S. The summed E-state index contributed by atoms with van der Waals surface area (Å²) in [5, 5.41) is 12.4. The summed E-state index contributed by atoms with van der Waals surface area (Å²) in [5.74, 6) is -0.535. The molecule has 2 aromatic carbocycles. The first kappa shape index (κ1) is 23.5. The second-order valence-corrected chi connectivity index (χ2v) is 9.46. The Kier molecular flexibility index (Phi) is 6.90. The van der Waals surface area contributed by atoms with Gasteiger partial charge in [-0.2, -0.15) is 5.10 Å². The number of nitrogens with one attached hydrogen (secondary N) is 2. The summed E-state index contributed by atoms with van der Waals surface area (Å²) in [6.45, 7) is 1.91. The number of aromatic nitrogens is 2. The molecule has 1 aliphatic heterocycles. The Bertz CT molecular complexity index is 1360. The third kappa shape index (κ3) is 5.36. The van der Waals surface area contributed by atoms with E-state index in [1.165, 1.54) is 4.90 Å². The summed E-state index contributed by atoms with van der Waals surface area (Å²) in [6, 6.07) is 21.0. The monoisotopic (exact) mass is 499 g/mol. The highest BCUT2D eigenvalue weighted by Crippen LogP contribution is 2.27. The first-order chi connectivity index (χ1) is 17.6. The largest absolute Gasteiger partial charge is 0.353 e. The minimum atomic E-state index is -0.211. The van der Waals surface area contributed by atoms with Gasteiger partial charge in [0.2, 0.25) is 5.91 Å². The molecule has 0 aliphatic carbocycles. The maximum atomic E-state index is 13.2. The van der Waals surface area contributed by atoms with Crippen LogP contribution in [0.15, 0.2) is 78.3 Å². The van der Waals surface area contributed by atoms with Gasteiger partial charge in [0, 0.05) is 31.4 Å². The molecule has 0 bridgehead atoms. The number of piperazine rings is 1. The maximum Gasteiger partial charge on any atom is 0.255 e. The third-order valence-electron chi connectivity index (χ3n) is 5.93. The Morgan fingerprint density at radius 1 is 1.00 bits per heavy atom. The molecule has 182 valence electrons. The molecule has 3 amide bonds. The van der Waals surface area contributed by atoms with E-state index >= 15 is 0 Å². The highest BCUT2D eigenvalue weighted by molar-refractivity contribution is 7.13. The van der Waals surface area contributed by atoms with E-state index < -0.39 is 0 Å². The number of thiophene rings is 1. The van der Waals surface area contributed by atoms with Gasteiger partial charge in [0.25, 0.3) is 11.8 Å². The number of carbonyl (C=O) groups excluding carboxylic acids is 3. The van der Waals surface area contributed by atoms with Crippen molar-refractivity contribution in [1.29, 1.82) is 0 Å². The zero-order chi connectivity index (χ0) is 24.9. The average Bonchev–Trinajstić information content (AvgIpc) is 3.58. The fourth-order valence-corrected chi connectivity index (χ4v) is 4.79. The lowest BCUT2D eigenvalue weighted by Gasteiger charge is -2.26. The Morgan fingerprint density at radius 2 is 1.81 bits per heavy atom. The van der Waals surface area contributed by atoms with Gasteiger partial charge in [-0.05, 0) is 34.7 Å². The van der Waals surface area contributed by atoms with Crippen LogP contribution in [0.4, 0.5) is 0 Å². The van der Waals surface area contributed by atoms with Crippen LogP contribution >= 0.6 is 11.3 Å². The summed E-state index contributed by atoms with van der Waals surface area (Å²) in [4.78, 5) is 39.9. The van der Waals surface area contributed by atoms with Crippen LogP contribution in [-0.4, -0.2) is 52.0 Å². The van der Waals surface area contributed by atoms with Gasteiger partial charge in [-0.15, -0.1) is 11.3 Å². The number of benzene rings is 2. The number of amides is 3. The minimum absolute atomic E-state index is 0.0706. The van der Waals surface area contributed by atoms with Crippen LogP contribution in [-0.2, 0) is 17.9 Å². The lowest BCUT2D eigenvalue weighted by Crippen LogP contribution is -2.49. The predicted octanol–water partition coefficient (Wildman–Crippen LogP) is 3.16. The van der Waals surface area contributed by atoms with Crippen LogP contribution in [0.25, 0.3) is 10.6 Å². The molecule has 0 spiro atoms. The fourth-order valence-electron chi connectivity index (χ4n) is 4.07. The van der Waals surface area contributed by atoms with Crippen molar-refractivity contribution in [2.45, 2.75) is 13.1 Å². The summed E-state index contributed by atoms with van der Waals surface area (Å²) in [7, 11) is 0. The molecule has 1 aliphatic rings. The van der Waals surface area contributed by atoms with E-state index in [0.717, 1.165) is 16.0 Å². The van der Waals surface area contributed by atoms with Crippen molar-refractivity contribution in [2.75, 3.05) is 19.6 Å². The van der Waals surface area contributed by atoms with E-state index in [1.54, 1.807) is 34.3 Å². The molecule has 9 heteroatoms. The summed E-state index contributed by atoms with van der Waals surface area (Å²) < 4.78 is 1.79. The zero-order valence-electron chi connectivity index (χ0n) is 19.5. The van der Waals surface area contributed by atoms with Crippen molar-refractivity contribution in [2.24, 2.45) is 0 Å². The summed E-state index contributed by atoms with van der Waals surface area (Å²) in [6.07, 6.45) is 1.79. The predicted molar refractivity (Wildman–Crippen MR) is 138 cm³/mol. The topological polar surface area (TPSA) is 96.3 Å². The SMILES string of the molecule is O=C1CN(C(=O)c2ccc(CNC(=O)c3cn(Cc4ccccc4)nc3-c3cccs3)cc2)CCN1. The first-order valence-electron chi connectivity index (χ1n) is 11.7. The molecule has 36 heavy (non-hydrogen) atoms. The smallest absolute Gasteiger partial charge is 0.255 e. The molecule has 0 saturated carbocycles. The van der Waals surface area contributed by atoms with Crippen molar-refractivity contribution in [3.05, 3.63) is 101 Å². The summed E-state index contributed by atoms with van der Waals surface area (Å²) in [5.41, 5.74) is 3.66. The average molecular weight is 500 g/mol. The molecule has 0 atom stereocenters. The second-order valence-electron chi connectivity index (χ2n) is 8.51. The van der Waals surface area contributed by atoms with E-state index in [0.29, 0.717) is 43.0 Å². The molecule has 1 saturated heterocycles. The standard InChI is InChI=1S/C27H25N5O3S/c33-24-18-31(13-12-28-24)27(35)21-10-8-19(9-11-21)15-29-26(34)22-17-32(16-20-5-2-1-3-6-20)30-25(22)23-7-4-14-36-23/h1-11,14,17H,12-13,15-16,18H2,(H,28,33)(H,29,34). The van der Waals surface area contributed by atoms with Crippen molar-refractivity contribution in [3.63, 3.8) is 0 Å². The molecule has 1 fully saturated rings. The van der Waals surface area contributed by atoms with Crippen LogP contribution in [0.5, 0.6) is 0 Å². The normalized spacial score (nSPS) is 13.3. The van der Waals surface area contributed by atoms with E-state index in [9.17, 15) is 14.4 Å². The first-order valence-corrected chi connectivity index (χ1v) is 12.5. The molecule has 2 N–H and O–H groups in total. The Morgan fingerprint density at radius 3 is 2.53 bits per heavy atom. The Hall–Kier alpha value is -4.24. The van der Waals surface area contributed by atoms with Crippen LogP contribution in [0.1, 0.15) is 31.8 Å². The van der Waals surface area contributed by atoms with Gasteiger partial charge in [-0.25, -0.2) is 0 Å². The quantitative estimate of drug-likeness (QED) is 0.408. The van der Waals surface area contributed by atoms with Crippen molar-refractivity contribution in [3.8, 4) is 10.6 Å². The van der Waals surface area contributed by atoms with Gasteiger partial charge in [0.15, 0.2) is 0 Å². The highest BCUT2D eigenvalue weighted by Gasteiger charge is 2.22. The third-order valence-corrected chi connectivity index (χ3v) is 6.80. The van der Waals surface area contributed by atoms with Crippen LogP contribution in [0.2, 0.25) is 0 Å². The molecule has 5 rings (SSSR count). The fraction of sp³-hybridized carbons (Fsp3) is 0.185. The van der Waals surface area contributed by atoms with E-state index in [-0.39, 0.29) is 24.3 Å². The van der Waals surface area contributed by atoms with Gasteiger partial charge in [-0.3, -0.25) is 19.1 Å². The van der Waals surface area contributed by atoms with Crippen molar-refractivity contribution >= 4 is 29.1 Å². The molecule has 4 aromatic rings. The van der Waals surface area contributed by atoms with Gasteiger partial charge in [-0.1, -0.05) is 48.5 Å². The molecule has 0 unspecified atom stereocenters. The minimum Gasteiger partial charge on any atom is -0.353 e. The van der Waals surface area contributed by atoms with Crippen molar-refractivity contribution in [1.82, 2.24) is 25.3 Å². The number of hydrogen-bond acceptors (Lipinski definition) is 5. The Labute approximate surface area is 212 Å². The van der Waals surface area contributed by atoms with E-state index in [2.05, 4.69) is 10.6 Å². The number of hydrogen-bond donors (Lipinski definition) is 2. The van der Waals surface area contributed by atoms with Gasteiger partial charge < -0.3 is 15.5 Å². The van der Waals surface area contributed by atoms with Gasteiger partial charge in [0.1, 0.15) is 5.69 Å². The number of nitrogens with zero attached hydrogens (tertiary/aromatic N) is 3. The maximum absolute atomic E-state index is 13.2. The van der Waals surface area contributed by atoms with E-state index in [1.807, 2.05) is 60.0 Å². The lowest BCUT2D eigenvalue weighted by molar-refractivity contribution is -0.123. The number of rotatable bonds is 7. The van der Waals surface area contributed by atoms with Crippen molar-refractivity contribution < 1.29 is 14.4 Å². The lowest BCUT2D eigenvalue weighted by atomic mass is 10.1.